The molecule has 3 aromatic heterocycles. The first kappa shape index (κ1) is 50.3. The van der Waals surface area contributed by atoms with Gasteiger partial charge in [0, 0.05) is 64.6 Å². The molecule has 4 atom stereocenters. The summed E-state index contributed by atoms with van der Waals surface area (Å²) in [5, 5.41) is 6.14. The lowest BCUT2D eigenvalue weighted by atomic mass is 9.77. The van der Waals surface area contributed by atoms with Crippen LogP contribution in [0.15, 0.2) is 175 Å². The van der Waals surface area contributed by atoms with Crippen LogP contribution in [0.2, 0.25) is 0 Å². The molecule has 0 aliphatic carbocycles. The lowest BCUT2D eigenvalue weighted by Crippen LogP contribution is -2.74. The molecule has 6 heteroatoms. The van der Waals surface area contributed by atoms with Crippen molar-refractivity contribution in [2.45, 2.75) is 137 Å². The second kappa shape index (κ2) is 15.6. The Morgan fingerprint density at radius 2 is 0.927 bits per heavy atom. The van der Waals surface area contributed by atoms with Crippen molar-refractivity contribution >= 4 is 77.4 Å². The number of benzene rings is 8. The molecule has 5 nitrogen and oxygen atoms in total. The summed E-state index contributed by atoms with van der Waals surface area (Å²) < 4.78 is 8.49. The number of rotatable bonds is 3. The van der Waals surface area contributed by atoms with Crippen LogP contribution < -0.4 is 18.5 Å². The summed E-state index contributed by atoms with van der Waals surface area (Å²) in [7, 11) is 0. The fourth-order valence-electron chi connectivity index (χ4n) is 15.6. The molecule has 1 fully saturated rings. The van der Waals surface area contributed by atoms with Gasteiger partial charge in [-0.05, 0) is 159 Å². The van der Waals surface area contributed by atoms with Gasteiger partial charge >= 0.3 is 12.1 Å². The Balaban J connectivity index is 1.14. The molecule has 8 aromatic carbocycles. The summed E-state index contributed by atoms with van der Waals surface area (Å²) in [6.07, 6.45) is 2.36. The van der Waals surface area contributed by atoms with Gasteiger partial charge in [-0.1, -0.05) is 177 Å². The van der Waals surface area contributed by atoms with Crippen LogP contribution in [0.3, 0.4) is 0 Å². The highest BCUT2D eigenvalue weighted by atomic mass is 32.1. The maximum absolute atomic E-state index is 2.76. The van der Waals surface area contributed by atoms with Crippen LogP contribution in [-0.2, 0) is 27.1 Å². The van der Waals surface area contributed by atoms with Gasteiger partial charge in [0.25, 0.3) is 22.7 Å². The average molecular weight is 1090 g/mol. The number of nitrogens with zero attached hydrogens (tertiary/aromatic N) is 5. The zero-order valence-electron chi connectivity index (χ0n) is 50.5. The quantitative estimate of drug-likeness (QED) is 0.0947. The Morgan fingerprint density at radius 3 is 1.54 bits per heavy atom. The highest BCUT2D eigenvalue weighted by Crippen LogP contribution is 2.86. The maximum Gasteiger partial charge on any atom is 0.498 e. The standard InChI is InChI=1S/C76H75N5S/c1-72(2,3)48-32-34-77-66(43-48)78-61-26-17-16-22-55(61)56-30-31-58-60-44-65-45(33-35-82-65)40-59(60)57-25-21-29-64-69(57)79(77,70(58)67(56)78)71-80(64)62-27-18-19-28-63(62)81(71,80)68-53(46-36-49(73(4,5)6)41-50(37-46)74(7,8)9)23-20-24-54(68)47-38-51(75(10,11)12)42-52(39-47)76(13,14)15/h16-44,71H,1-15H3/q+4. The van der Waals surface area contributed by atoms with Crippen LogP contribution in [0.4, 0.5) is 34.1 Å². The van der Waals surface area contributed by atoms with E-state index in [1.807, 2.05) is 11.3 Å². The first-order valence-corrected chi connectivity index (χ1v) is 30.7. The number of fused-ring (bicyclic) bond motifs is 12. The Kier molecular flexibility index (Phi) is 9.57. The van der Waals surface area contributed by atoms with E-state index in [0.29, 0.717) is 13.8 Å². The Bertz CT molecular complexity index is 4530. The lowest BCUT2D eigenvalue weighted by Gasteiger charge is -2.35. The summed E-state index contributed by atoms with van der Waals surface area (Å²) in [5.74, 6) is 1.20. The fourth-order valence-corrected chi connectivity index (χ4v) is 16.5. The van der Waals surface area contributed by atoms with E-state index in [1.54, 1.807) is 0 Å². The summed E-state index contributed by atoms with van der Waals surface area (Å²) in [6, 6.07) is 66.1. The Hall–Kier alpha value is -7.45. The molecule has 0 amide bonds. The van der Waals surface area contributed by atoms with Gasteiger partial charge in [0.1, 0.15) is 5.52 Å². The van der Waals surface area contributed by atoms with Crippen molar-refractivity contribution in [2.75, 3.05) is 0 Å². The van der Waals surface area contributed by atoms with Gasteiger partial charge < -0.3 is 0 Å². The fraction of sp³-hybridized carbons (Fsp3) is 0.276. The molecule has 2 spiro atoms. The van der Waals surface area contributed by atoms with E-state index in [9.17, 15) is 0 Å². The molecule has 8 heterocycles. The molecule has 0 bridgehead atoms. The van der Waals surface area contributed by atoms with E-state index < -0.39 is 0 Å². The smallest absolute Gasteiger partial charge is 0.181 e. The van der Waals surface area contributed by atoms with Gasteiger partial charge in [0.15, 0.2) is 6.20 Å². The third kappa shape index (κ3) is 6.06. The minimum atomic E-state index is -0.148. The monoisotopic (exact) mass is 1090 g/mol. The number of aromatic nitrogens is 2. The van der Waals surface area contributed by atoms with Crippen molar-refractivity contribution in [3.63, 3.8) is 0 Å². The zero-order valence-corrected chi connectivity index (χ0v) is 51.3. The lowest BCUT2D eigenvalue weighted by molar-refractivity contribution is -0.793. The van der Waals surface area contributed by atoms with E-state index in [-0.39, 0.29) is 33.4 Å². The Labute approximate surface area is 488 Å². The number of para-hydroxylation sites is 5. The van der Waals surface area contributed by atoms with Crippen LogP contribution in [0.5, 0.6) is 0 Å². The van der Waals surface area contributed by atoms with E-state index in [2.05, 4.69) is 288 Å². The second-order valence-electron chi connectivity index (χ2n) is 29.8. The van der Waals surface area contributed by atoms with Crippen molar-refractivity contribution < 1.29 is 4.68 Å². The minimum absolute atomic E-state index is 0.0863. The third-order valence-corrected chi connectivity index (χ3v) is 20.7. The molecule has 1 saturated heterocycles. The van der Waals surface area contributed by atoms with Crippen molar-refractivity contribution in [2.24, 2.45) is 0 Å². The van der Waals surface area contributed by atoms with Gasteiger partial charge in [-0.15, -0.1) is 11.3 Å². The van der Waals surface area contributed by atoms with Crippen LogP contribution in [0, 0.1) is 0 Å². The summed E-state index contributed by atoms with van der Waals surface area (Å²) >= 11 is 1.85. The molecule has 0 saturated carbocycles. The van der Waals surface area contributed by atoms with E-state index in [0.717, 1.165) is 0 Å². The van der Waals surface area contributed by atoms with E-state index in [4.69, 9.17) is 0 Å². The highest BCUT2D eigenvalue weighted by molar-refractivity contribution is 7.17. The number of hydrogen-bond donors (Lipinski definition) is 0. The first-order valence-electron chi connectivity index (χ1n) is 29.9. The molecule has 0 radical (unpaired) electrons. The molecule has 4 unspecified atom stereocenters. The third-order valence-electron chi connectivity index (χ3n) is 19.8. The number of pyridine rings is 1. The predicted molar refractivity (Wildman–Crippen MR) is 348 cm³/mol. The minimum Gasteiger partial charge on any atom is -0.181 e. The SMILES string of the molecule is CC(C)(C)c1cc(-c2cccc(-c3cc(C(C)(C)C)cc(C(C)(C)C)c3)c2[N+]23c4ccccc4[N+]24c2cccc5c2[N+]2(c6c(ccc7c8ccccc8n(c67)-c6cc(C(C)(C)C)cc[n+]62)-c2cc6sccc6cc2-5)C43)cc(C(C)(C)C)c1. The largest absolute Gasteiger partial charge is 0.498 e. The van der Waals surface area contributed by atoms with Crippen LogP contribution in [0.1, 0.15) is 132 Å². The molecule has 16 rings (SSSR count). The molecule has 5 aliphatic heterocycles. The van der Waals surface area contributed by atoms with Gasteiger partial charge in [-0.25, -0.2) is 0 Å². The van der Waals surface area contributed by atoms with Crippen molar-refractivity contribution in [1.29, 1.82) is 0 Å². The topological polar surface area (TPSA) is 8.81 Å². The molecule has 406 valence electrons. The first-order chi connectivity index (χ1) is 38.8. The number of thiophene rings is 1. The van der Waals surface area contributed by atoms with E-state index in [1.165, 1.54) is 144 Å². The van der Waals surface area contributed by atoms with Gasteiger partial charge in [0.2, 0.25) is 16.9 Å². The summed E-state index contributed by atoms with van der Waals surface area (Å²) in [5.41, 5.74) is 27.4. The maximum atomic E-state index is 2.76. The zero-order chi connectivity index (χ0) is 57.0. The van der Waals surface area contributed by atoms with Gasteiger partial charge in [0.05, 0.1) is 11.1 Å². The van der Waals surface area contributed by atoms with Crippen molar-refractivity contribution in [3.05, 3.63) is 203 Å². The number of quaternary nitrogens is 3. The summed E-state index contributed by atoms with van der Waals surface area (Å²) in [4.78, 5) is 0. The van der Waals surface area contributed by atoms with Crippen LogP contribution >= 0.6 is 11.3 Å². The molecular weight excluding hydrogens is 1010 g/mol. The molecule has 0 N–H and O–H groups in total. The van der Waals surface area contributed by atoms with Crippen molar-refractivity contribution in [1.82, 2.24) is 18.3 Å². The summed E-state index contributed by atoms with van der Waals surface area (Å²) in [6.45, 7) is 35.7. The number of hydrogen-bond acceptors (Lipinski definition) is 1. The Morgan fingerprint density at radius 1 is 0.402 bits per heavy atom. The molecule has 5 aliphatic rings. The molecular formula is C76H75N5S+4. The van der Waals surface area contributed by atoms with Crippen LogP contribution in [0.25, 0.3) is 82.2 Å². The van der Waals surface area contributed by atoms with Crippen molar-refractivity contribution in [3.8, 4) is 50.3 Å². The predicted octanol–water partition coefficient (Wildman–Crippen LogP) is 20.7. The highest BCUT2D eigenvalue weighted by Gasteiger charge is 3.11. The normalized spacial score (nSPS) is 20.9. The molecule has 11 aromatic rings. The second-order valence-corrected chi connectivity index (χ2v) is 30.7. The average Bonchev–Trinajstić information content (AvgIpc) is 1.39. The van der Waals surface area contributed by atoms with Crippen LogP contribution in [-0.4, -0.2) is 10.9 Å². The van der Waals surface area contributed by atoms with E-state index >= 15 is 0 Å². The molecule has 82 heavy (non-hydrogen) atoms. The van der Waals surface area contributed by atoms with Gasteiger partial charge in [-0.3, -0.25) is 0 Å². The van der Waals surface area contributed by atoms with Gasteiger partial charge in [-0.2, -0.15) is 4.57 Å².